The fraction of sp³-hybridized carbons (Fsp3) is 0.250. The van der Waals surface area contributed by atoms with Crippen molar-refractivity contribution in [3.63, 3.8) is 0 Å². The van der Waals surface area contributed by atoms with Crippen molar-refractivity contribution in [1.29, 1.82) is 0 Å². The first-order valence-electron chi connectivity index (χ1n) is 6.83. The van der Waals surface area contributed by atoms with Crippen LogP contribution in [0.25, 0.3) is 0 Å². The van der Waals surface area contributed by atoms with Gasteiger partial charge in [0.15, 0.2) is 0 Å². The Bertz CT molecular complexity index is 663. The molecule has 0 aliphatic carbocycles. The van der Waals surface area contributed by atoms with E-state index in [4.69, 9.17) is 0 Å². The summed E-state index contributed by atoms with van der Waals surface area (Å²) in [6.45, 7) is 0.651. The van der Waals surface area contributed by atoms with Crippen molar-refractivity contribution in [3.8, 4) is 0 Å². The molecule has 1 fully saturated rings. The summed E-state index contributed by atoms with van der Waals surface area (Å²) < 4.78 is 14.6. The van der Waals surface area contributed by atoms with E-state index >= 15 is 0 Å². The summed E-state index contributed by atoms with van der Waals surface area (Å²) in [6.07, 6.45) is 5.26. The first-order valence-corrected chi connectivity index (χ1v) is 7.62. The minimum atomic E-state index is -0.483. The topological polar surface area (TPSA) is 33.2 Å². The fourth-order valence-corrected chi connectivity index (χ4v) is 3.12. The van der Waals surface area contributed by atoms with Gasteiger partial charge in [0, 0.05) is 23.4 Å². The molecule has 0 radical (unpaired) electrons. The molecule has 108 valence electrons. The molecule has 1 unspecified atom stereocenters. The van der Waals surface area contributed by atoms with E-state index < -0.39 is 5.82 Å². The van der Waals surface area contributed by atoms with Gasteiger partial charge in [-0.1, -0.05) is 15.9 Å². The highest BCUT2D eigenvalue weighted by Crippen LogP contribution is 2.33. The molecule has 3 rings (SSSR count). The van der Waals surface area contributed by atoms with E-state index in [1.807, 2.05) is 12.1 Å². The lowest BCUT2D eigenvalue weighted by Crippen LogP contribution is -2.31. The predicted molar refractivity (Wildman–Crippen MR) is 81.3 cm³/mol. The average Bonchev–Trinajstić information content (AvgIpc) is 2.99. The Labute approximate surface area is 130 Å². The molecule has 2 heterocycles. The highest BCUT2D eigenvalue weighted by atomic mass is 79.9. The van der Waals surface area contributed by atoms with Crippen LogP contribution >= 0.6 is 15.9 Å². The summed E-state index contributed by atoms with van der Waals surface area (Å²) in [7, 11) is 0. The zero-order valence-corrected chi connectivity index (χ0v) is 12.9. The van der Waals surface area contributed by atoms with Gasteiger partial charge in [-0.3, -0.25) is 9.78 Å². The molecule has 1 aliphatic heterocycles. The first-order chi connectivity index (χ1) is 10.2. The van der Waals surface area contributed by atoms with Gasteiger partial charge in [0.25, 0.3) is 5.91 Å². The highest BCUT2D eigenvalue weighted by Gasteiger charge is 2.31. The maximum atomic E-state index is 13.9. The number of halogens is 2. The molecular formula is C16H14BrFN2O. The van der Waals surface area contributed by atoms with Crippen LogP contribution < -0.4 is 0 Å². The number of likely N-dealkylation sites (tertiary alicyclic amines) is 1. The Balaban J connectivity index is 1.92. The Kier molecular flexibility index (Phi) is 4.01. The zero-order valence-electron chi connectivity index (χ0n) is 11.3. The minimum absolute atomic E-state index is 0.00104. The third-order valence-corrected chi connectivity index (χ3v) is 4.26. The second kappa shape index (κ2) is 5.93. The van der Waals surface area contributed by atoms with Crippen molar-refractivity contribution >= 4 is 21.8 Å². The normalized spacial score (nSPS) is 18.0. The smallest absolute Gasteiger partial charge is 0.257 e. The number of aromatic nitrogens is 1. The molecular weight excluding hydrogens is 335 g/mol. The molecule has 1 saturated heterocycles. The second-order valence-electron chi connectivity index (χ2n) is 5.06. The molecule has 0 saturated carbocycles. The number of carbonyl (C=O) groups is 1. The number of amides is 1. The van der Waals surface area contributed by atoms with Crippen LogP contribution in [0.15, 0.2) is 47.2 Å². The monoisotopic (exact) mass is 348 g/mol. The van der Waals surface area contributed by atoms with Crippen LogP contribution in [-0.4, -0.2) is 22.3 Å². The van der Waals surface area contributed by atoms with Crippen LogP contribution in [0, 0.1) is 5.82 Å². The van der Waals surface area contributed by atoms with Gasteiger partial charge in [-0.05, 0) is 48.7 Å². The van der Waals surface area contributed by atoms with E-state index in [-0.39, 0.29) is 17.5 Å². The summed E-state index contributed by atoms with van der Waals surface area (Å²) in [5.74, 6) is -0.739. The van der Waals surface area contributed by atoms with Gasteiger partial charge in [-0.2, -0.15) is 0 Å². The number of nitrogens with zero attached hydrogens (tertiary/aromatic N) is 2. The molecule has 2 aromatic rings. The SMILES string of the molecule is O=C(c1cc(Br)ccc1F)N1CCCC1c1ccncc1. The molecule has 0 N–H and O–H groups in total. The van der Waals surface area contributed by atoms with Crippen molar-refractivity contribution in [1.82, 2.24) is 9.88 Å². The fourth-order valence-electron chi connectivity index (χ4n) is 2.76. The summed E-state index contributed by atoms with van der Waals surface area (Å²) in [5, 5.41) is 0. The van der Waals surface area contributed by atoms with Crippen LogP contribution in [-0.2, 0) is 0 Å². The van der Waals surface area contributed by atoms with E-state index in [1.54, 1.807) is 29.4 Å². The van der Waals surface area contributed by atoms with Crippen LogP contribution in [0.1, 0.15) is 34.8 Å². The van der Waals surface area contributed by atoms with Gasteiger partial charge >= 0.3 is 0 Å². The lowest BCUT2D eigenvalue weighted by atomic mass is 10.1. The predicted octanol–water partition coefficient (Wildman–Crippen LogP) is 3.96. The van der Waals surface area contributed by atoms with Crippen molar-refractivity contribution in [2.75, 3.05) is 6.54 Å². The van der Waals surface area contributed by atoms with Gasteiger partial charge in [0.2, 0.25) is 0 Å². The molecule has 21 heavy (non-hydrogen) atoms. The summed E-state index contributed by atoms with van der Waals surface area (Å²) in [6, 6.07) is 8.27. The summed E-state index contributed by atoms with van der Waals surface area (Å²) >= 11 is 3.29. The van der Waals surface area contributed by atoms with Crippen molar-refractivity contribution in [2.24, 2.45) is 0 Å². The van der Waals surface area contributed by atoms with Crippen LogP contribution in [0.4, 0.5) is 4.39 Å². The summed E-state index contributed by atoms with van der Waals surface area (Å²) in [5.41, 5.74) is 1.16. The van der Waals surface area contributed by atoms with Gasteiger partial charge in [0.1, 0.15) is 5.82 Å². The second-order valence-corrected chi connectivity index (χ2v) is 5.98. The summed E-state index contributed by atoms with van der Waals surface area (Å²) in [4.78, 5) is 18.4. The number of hydrogen-bond donors (Lipinski definition) is 0. The average molecular weight is 349 g/mol. The molecule has 0 bridgehead atoms. The molecule has 1 aromatic heterocycles. The lowest BCUT2D eigenvalue weighted by Gasteiger charge is -2.25. The van der Waals surface area contributed by atoms with E-state index in [0.717, 1.165) is 18.4 Å². The van der Waals surface area contributed by atoms with E-state index in [0.29, 0.717) is 11.0 Å². The Morgan fingerprint density at radius 2 is 2.05 bits per heavy atom. The standard InChI is InChI=1S/C16H14BrFN2O/c17-12-3-4-14(18)13(10-12)16(21)20-9-1-2-15(20)11-5-7-19-8-6-11/h3-8,10,15H,1-2,9H2. The van der Waals surface area contributed by atoms with Crippen molar-refractivity contribution < 1.29 is 9.18 Å². The largest absolute Gasteiger partial charge is 0.332 e. The Morgan fingerprint density at radius 3 is 2.81 bits per heavy atom. The molecule has 1 aliphatic rings. The Hall–Kier alpha value is -1.75. The number of benzene rings is 1. The van der Waals surface area contributed by atoms with E-state index in [1.165, 1.54) is 6.07 Å². The molecule has 1 aromatic carbocycles. The Morgan fingerprint density at radius 1 is 1.29 bits per heavy atom. The van der Waals surface area contributed by atoms with E-state index in [9.17, 15) is 9.18 Å². The number of hydrogen-bond acceptors (Lipinski definition) is 2. The quantitative estimate of drug-likeness (QED) is 0.822. The van der Waals surface area contributed by atoms with Gasteiger partial charge in [-0.25, -0.2) is 4.39 Å². The number of rotatable bonds is 2. The lowest BCUT2D eigenvalue weighted by molar-refractivity contribution is 0.0731. The van der Waals surface area contributed by atoms with Crippen LogP contribution in [0.3, 0.4) is 0 Å². The van der Waals surface area contributed by atoms with Crippen molar-refractivity contribution in [3.05, 3.63) is 64.1 Å². The number of carbonyl (C=O) groups excluding carboxylic acids is 1. The molecule has 5 heteroatoms. The zero-order chi connectivity index (χ0) is 14.8. The highest BCUT2D eigenvalue weighted by molar-refractivity contribution is 9.10. The van der Waals surface area contributed by atoms with Crippen LogP contribution in [0.5, 0.6) is 0 Å². The molecule has 0 spiro atoms. The maximum Gasteiger partial charge on any atom is 0.257 e. The maximum absolute atomic E-state index is 13.9. The van der Waals surface area contributed by atoms with E-state index in [2.05, 4.69) is 20.9 Å². The first kappa shape index (κ1) is 14.2. The number of pyridine rings is 1. The van der Waals surface area contributed by atoms with Crippen LogP contribution in [0.2, 0.25) is 0 Å². The molecule has 1 amide bonds. The molecule has 3 nitrogen and oxygen atoms in total. The molecule has 1 atom stereocenters. The van der Waals surface area contributed by atoms with Gasteiger partial charge in [0.05, 0.1) is 11.6 Å². The minimum Gasteiger partial charge on any atom is -0.332 e. The van der Waals surface area contributed by atoms with Gasteiger partial charge < -0.3 is 4.90 Å². The third kappa shape index (κ3) is 2.83. The van der Waals surface area contributed by atoms with Gasteiger partial charge in [-0.15, -0.1) is 0 Å². The third-order valence-electron chi connectivity index (χ3n) is 3.76. The van der Waals surface area contributed by atoms with Crippen molar-refractivity contribution in [2.45, 2.75) is 18.9 Å².